The van der Waals surface area contributed by atoms with Gasteiger partial charge in [-0.05, 0) is 17.7 Å². The summed E-state index contributed by atoms with van der Waals surface area (Å²) < 4.78 is 91.7. The second kappa shape index (κ2) is 5.73. The summed E-state index contributed by atoms with van der Waals surface area (Å²) in [5.74, 6) is -0.862. The molecule has 0 saturated carbocycles. The molecule has 10 heteroatoms. The van der Waals surface area contributed by atoms with Crippen molar-refractivity contribution in [1.29, 1.82) is 5.26 Å². The summed E-state index contributed by atoms with van der Waals surface area (Å²) in [6.07, 6.45) is -11.7. The molecule has 2 nitrogen and oxygen atoms in total. The molecule has 116 valence electrons. The number of ether oxygens (including phenoxy) is 1. The Morgan fingerprint density at radius 2 is 1.62 bits per heavy atom. The minimum absolute atomic E-state index is 0.328. The first kappa shape index (κ1) is 17.6. The zero-order valence-electron chi connectivity index (χ0n) is 9.89. The fourth-order valence-corrected chi connectivity index (χ4v) is 1.35. The van der Waals surface area contributed by atoms with Crippen molar-refractivity contribution in [3.63, 3.8) is 0 Å². The highest BCUT2D eigenvalue weighted by atomic mass is 32.1. The van der Waals surface area contributed by atoms with Gasteiger partial charge in [0.05, 0.1) is 18.2 Å². The minimum Gasteiger partial charge on any atom is -0.344 e. The molecule has 0 atom stereocenters. The topological polar surface area (TPSA) is 33.0 Å². The summed E-state index contributed by atoms with van der Waals surface area (Å²) in [5, 5.41) is 8.66. The summed E-state index contributed by atoms with van der Waals surface area (Å²) >= 11 is 2.56. The van der Waals surface area contributed by atoms with Gasteiger partial charge in [0.15, 0.2) is 0 Å². The maximum Gasteiger partial charge on any atom is 0.436 e. The number of nitrogens with zero attached hydrogens (tertiary/aromatic N) is 1. The van der Waals surface area contributed by atoms with Gasteiger partial charge < -0.3 is 4.74 Å². The fraction of sp³-hybridized carbons (Fsp3) is 0.364. The van der Waals surface area contributed by atoms with Crippen molar-refractivity contribution in [2.24, 2.45) is 0 Å². The van der Waals surface area contributed by atoms with Crippen LogP contribution in [-0.4, -0.2) is 17.3 Å². The highest BCUT2D eigenvalue weighted by Crippen LogP contribution is 2.48. The molecule has 0 aliphatic carbocycles. The Morgan fingerprint density at radius 3 is 2.05 bits per heavy atom. The number of benzene rings is 1. The lowest BCUT2D eigenvalue weighted by atomic mass is 10.1. The molecule has 1 aromatic rings. The fourth-order valence-electron chi connectivity index (χ4n) is 1.29. The monoisotopic (exact) mass is 333 g/mol. The van der Waals surface area contributed by atoms with E-state index < -0.39 is 35.3 Å². The molecule has 0 aromatic heterocycles. The van der Waals surface area contributed by atoms with Crippen LogP contribution < -0.4 is 0 Å². The summed E-state index contributed by atoms with van der Waals surface area (Å²) in [7, 11) is 0. The minimum atomic E-state index is -5.83. The van der Waals surface area contributed by atoms with Gasteiger partial charge in [0.25, 0.3) is 0 Å². The van der Waals surface area contributed by atoms with E-state index in [1.807, 2.05) is 0 Å². The first-order chi connectivity index (χ1) is 9.42. The van der Waals surface area contributed by atoms with Gasteiger partial charge in [-0.25, -0.2) is 4.39 Å². The molecule has 0 aliphatic heterocycles. The Hall–Kier alpha value is -1.47. The molecule has 0 saturated heterocycles. The average Bonchev–Trinajstić information content (AvgIpc) is 2.33. The number of hydrogen-bond acceptors (Lipinski definition) is 3. The maximum absolute atomic E-state index is 12.8. The molecule has 0 N–H and O–H groups in total. The van der Waals surface area contributed by atoms with Crippen LogP contribution in [0.3, 0.4) is 0 Å². The van der Waals surface area contributed by atoms with Gasteiger partial charge in [0.1, 0.15) is 5.82 Å². The molecular weight excluding hydrogens is 327 g/mol. The van der Waals surface area contributed by atoms with E-state index in [-0.39, 0.29) is 5.56 Å². The molecular formula is C11H6F7NOS. The van der Waals surface area contributed by atoms with Crippen molar-refractivity contribution >= 4 is 12.6 Å². The third-order valence-corrected chi connectivity index (χ3v) is 3.03. The van der Waals surface area contributed by atoms with Crippen molar-refractivity contribution in [1.82, 2.24) is 0 Å². The number of rotatable bonds is 3. The molecule has 0 aliphatic rings. The van der Waals surface area contributed by atoms with Gasteiger partial charge in [-0.3, -0.25) is 0 Å². The highest BCUT2D eigenvalue weighted by Gasteiger charge is 2.70. The van der Waals surface area contributed by atoms with Crippen LogP contribution in [0.1, 0.15) is 11.1 Å². The SMILES string of the molecule is N#Cc1cc(F)ccc1COC(S)(C(F)(F)F)C(F)(F)F. The van der Waals surface area contributed by atoms with E-state index >= 15 is 0 Å². The lowest BCUT2D eigenvalue weighted by molar-refractivity contribution is -0.342. The Labute approximate surface area is 119 Å². The quantitative estimate of drug-likeness (QED) is 0.516. The van der Waals surface area contributed by atoms with E-state index in [0.717, 1.165) is 12.1 Å². The van der Waals surface area contributed by atoms with Gasteiger partial charge in [-0.1, -0.05) is 6.07 Å². The van der Waals surface area contributed by atoms with Gasteiger partial charge in [0.2, 0.25) is 0 Å². The van der Waals surface area contributed by atoms with E-state index in [9.17, 15) is 30.7 Å². The van der Waals surface area contributed by atoms with Crippen LogP contribution in [0.4, 0.5) is 30.7 Å². The van der Waals surface area contributed by atoms with Crippen molar-refractivity contribution in [3.8, 4) is 6.07 Å². The lowest BCUT2D eigenvalue weighted by Gasteiger charge is -2.32. The summed E-state index contributed by atoms with van der Waals surface area (Å²) in [6.45, 7) is -1.22. The molecule has 0 bridgehead atoms. The summed E-state index contributed by atoms with van der Waals surface area (Å²) in [5.41, 5.74) is -0.763. The predicted molar refractivity (Wildman–Crippen MR) is 59.7 cm³/mol. The molecule has 0 spiro atoms. The average molecular weight is 333 g/mol. The number of halogens is 7. The molecule has 0 fully saturated rings. The van der Waals surface area contributed by atoms with Crippen LogP contribution in [0.2, 0.25) is 0 Å². The molecule has 0 radical (unpaired) electrons. The number of nitriles is 1. The standard InChI is InChI=1S/C11H6F7NOS/c12-8-2-1-6(7(3-8)4-19)5-20-9(21,10(13,14)15)11(16,17)18/h1-3,21H,5H2. The smallest absolute Gasteiger partial charge is 0.344 e. The van der Waals surface area contributed by atoms with Crippen molar-refractivity contribution in [3.05, 3.63) is 35.1 Å². The third kappa shape index (κ3) is 3.59. The Balaban J connectivity index is 3.08. The zero-order valence-corrected chi connectivity index (χ0v) is 10.8. The maximum atomic E-state index is 12.8. The Morgan fingerprint density at radius 1 is 1.10 bits per heavy atom. The molecule has 1 aromatic carbocycles. The van der Waals surface area contributed by atoms with Crippen molar-refractivity contribution < 1.29 is 35.5 Å². The zero-order chi connectivity index (χ0) is 16.5. The van der Waals surface area contributed by atoms with Crippen LogP contribution in [0, 0.1) is 17.1 Å². The predicted octanol–water partition coefficient (Wildman–Crippen LogP) is 3.96. The van der Waals surface area contributed by atoms with Crippen LogP contribution >= 0.6 is 12.6 Å². The Kier molecular flexibility index (Phi) is 4.80. The molecule has 0 amide bonds. The van der Waals surface area contributed by atoms with E-state index in [0.29, 0.717) is 6.07 Å². The van der Waals surface area contributed by atoms with Gasteiger partial charge >= 0.3 is 17.3 Å². The van der Waals surface area contributed by atoms with Gasteiger partial charge in [0, 0.05) is 0 Å². The highest BCUT2D eigenvalue weighted by molar-refractivity contribution is 7.81. The summed E-state index contributed by atoms with van der Waals surface area (Å²) in [6, 6.07) is 3.74. The third-order valence-electron chi connectivity index (χ3n) is 2.40. The van der Waals surface area contributed by atoms with Crippen LogP contribution in [0.15, 0.2) is 18.2 Å². The van der Waals surface area contributed by atoms with Crippen molar-refractivity contribution in [2.75, 3.05) is 0 Å². The lowest BCUT2D eigenvalue weighted by Crippen LogP contribution is -2.54. The van der Waals surface area contributed by atoms with Crippen LogP contribution in [-0.2, 0) is 11.3 Å². The second-order valence-corrected chi connectivity index (χ2v) is 4.47. The number of thiol groups is 1. The first-order valence-electron chi connectivity index (χ1n) is 5.10. The molecule has 1 rings (SSSR count). The van der Waals surface area contributed by atoms with E-state index in [4.69, 9.17) is 5.26 Å². The Bertz CT molecular complexity index is 547. The van der Waals surface area contributed by atoms with E-state index in [1.165, 1.54) is 6.07 Å². The molecule has 0 heterocycles. The summed E-state index contributed by atoms with van der Waals surface area (Å²) in [4.78, 5) is -4.69. The van der Waals surface area contributed by atoms with Crippen LogP contribution in [0.25, 0.3) is 0 Å². The molecule has 21 heavy (non-hydrogen) atoms. The first-order valence-corrected chi connectivity index (χ1v) is 5.55. The number of hydrogen-bond donors (Lipinski definition) is 1. The normalized spacial score (nSPS) is 13.1. The van der Waals surface area contributed by atoms with Gasteiger partial charge in [-0.2, -0.15) is 31.6 Å². The largest absolute Gasteiger partial charge is 0.436 e. The number of alkyl halides is 6. The van der Waals surface area contributed by atoms with Crippen LogP contribution in [0.5, 0.6) is 0 Å². The van der Waals surface area contributed by atoms with E-state index in [1.54, 1.807) is 0 Å². The van der Waals surface area contributed by atoms with Gasteiger partial charge in [-0.15, -0.1) is 12.6 Å². The second-order valence-electron chi connectivity index (χ2n) is 3.84. The molecule has 0 unspecified atom stereocenters. The van der Waals surface area contributed by atoms with E-state index in [2.05, 4.69) is 17.4 Å². The van der Waals surface area contributed by atoms with Crippen molar-refractivity contribution in [2.45, 2.75) is 23.9 Å².